The van der Waals surface area contributed by atoms with E-state index in [1.807, 2.05) is 52.0 Å². The largest absolute Gasteiger partial charge is 0.490 e. The van der Waals surface area contributed by atoms with Crippen molar-refractivity contribution in [2.75, 3.05) is 58.1 Å². The van der Waals surface area contributed by atoms with Crippen molar-refractivity contribution in [3.63, 3.8) is 0 Å². The summed E-state index contributed by atoms with van der Waals surface area (Å²) in [6, 6.07) is 20.9. The first-order valence-electron chi connectivity index (χ1n) is 19.2. The molecule has 5 rings (SSSR count). The molecule has 2 aliphatic rings. The number of anilines is 1. The van der Waals surface area contributed by atoms with Crippen molar-refractivity contribution in [2.24, 2.45) is 0 Å². The van der Waals surface area contributed by atoms with Gasteiger partial charge in [-0.1, -0.05) is 48.0 Å². The SMILES string of the molecule is CCO[C@H](C)COCc1ccc([C@H]2C[C@@H](C[C@H](C)NC(C)=O)N(S(=O)(=O)c3ccc(C)cc3)C[C@@H]2OCc2ccc3c(c2)N(CCCOC)CCO3)cc1. The summed E-state index contributed by atoms with van der Waals surface area (Å²) in [6.45, 7) is 14.4. The zero-order valence-corrected chi connectivity index (χ0v) is 33.6. The number of hydrogen-bond acceptors (Lipinski definition) is 9. The molecule has 54 heavy (non-hydrogen) atoms. The summed E-state index contributed by atoms with van der Waals surface area (Å²) in [6.07, 6.45) is 1.46. The smallest absolute Gasteiger partial charge is 0.243 e. The molecule has 0 saturated carbocycles. The van der Waals surface area contributed by atoms with Gasteiger partial charge in [0.25, 0.3) is 0 Å². The topological polar surface area (TPSA) is 116 Å². The van der Waals surface area contributed by atoms with Crippen molar-refractivity contribution in [3.05, 3.63) is 89.0 Å². The van der Waals surface area contributed by atoms with Gasteiger partial charge in [-0.25, -0.2) is 8.42 Å². The molecule has 0 spiro atoms. The molecule has 1 N–H and O–H groups in total. The predicted molar refractivity (Wildman–Crippen MR) is 211 cm³/mol. The van der Waals surface area contributed by atoms with E-state index in [-0.39, 0.29) is 41.5 Å². The molecule has 2 aliphatic heterocycles. The highest BCUT2D eigenvalue weighted by atomic mass is 32.2. The summed E-state index contributed by atoms with van der Waals surface area (Å²) in [7, 11) is -2.18. The van der Waals surface area contributed by atoms with Crippen molar-refractivity contribution in [1.82, 2.24) is 9.62 Å². The fourth-order valence-electron chi connectivity index (χ4n) is 7.48. The minimum atomic E-state index is -3.90. The summed E-state index contributed by atoms with van der Waals surface area (Å²) in [5.74, 6) is 0.592. The van der Waals surface area contributed by atoms with Gasteiger partial charge >= 0.3 is 0 Å². The minimum Gasteiger partial charge on any atom is -0.490 e. The average molecular weight is 766 g/mol. The third-order valence-electron chi connectivity index (χ3n) is 10.1. The second kappa shape index (κ2) is 19.9. The highest BCUT2D eigenvalue weighted by Gasteiger charge is 2.43. The molecule has 0 bridgehead atoms. The van der Waals surface area contributed by atoms with Gasteiger partial charge in [-0.2, -0.15) is 4.31 Å². The van der Waals surface area contributed by atoms with Crippen molar-refractivity contribution in [3.8, 4) is 5.75 Å². The fourth-order valence-corrected chi connectivity index (χ4v) is 9.14. The van der Waals surface area contributed by atoms with E-state index >= 15 is 0 Å². The van der Waals surface area contributed by atoms with Gasteiger partial charge in [-0.3, -0.25) is 4.79 Å². The quantitative estimate of drug-likeness (QED) is 0.142. The highest BCUT2D eigenvalue weighted by Crippen LogP contribution is 2.39. The maximum atomic E-state index is 14.4. The van der Waals surface area contributed by atoms with Gasteiger partial charge in [0.15, 0.2) is 0 Å². The maximum Gasteiger partial charge on any atom is 0.243 e. The third-order valence-corrected chi connectivity index (χ3v) is 12.1. The third kappa shape index (κ3) is 11.3. The van der Waals surface area contributed by atoms with Crippen LogP contribution in [0.3, 0.4) is 0 Å². The Morgan fingerprint density at radius 2 is 1.76 bits per heavy atom. The number of ether oxygens (including phenoxy) is 5. The van der Waals surface area contributed by atoms with Gasteiger partial charge in [0.05, 0.1) is 49.2 Å². The Balaban J connectivity index is 1.43. The number of sulfonamides is 1. The molecule has 1 amide bonds. The highest BCUT2D eigenvalue weighted by molar-refractivity contribution is 7.89. The van der Waals surface area contributed by atoms with E-state index in [0.29, 0.717) is 52.5 Å². The van der Waals surface area contributed by atoms with E-state index < -0.39 is 16.1 Å². The number of amides is 1. The predicted octanol–water partition coefficient (Wildman–Crippen LogP) is 6.22. The first-order valence-corrected chi connectivity index (χ1v) is 20.7. The summed E-state index contributed by atoms with van der Waals surface area (Å²) < 4.78 is 60.1. The van der Waals surface area contributed by atoms with Gasteiger partial charge in [0.2, 0.25) is 15.9 Å². The van der Waals surface area contributed by atoms with Gasteiger partial charge in [0.1, 0.15) is 12.4 Å². The van der Waals surface area contributed by atoms with E-state index in [9.17, 15) is 13.2 Å². The standard InChI is InChI=1S/C42H59N3O8S/c1-7-51-32(4)27-50-28-34-11-14-36(15-12-34)39-25-37(23-31(3)43-33(5)46)45(54(47,48)38-16-9-30(2)10-17-38)26-42(39)53-29-35-13-18-41-40(24-35)44(20-22-52-41)19-8-21-49-6/h9-18,24,31-32,37,39,42H,7-8,19-23,25-29H2,1-6H3,(H,43,46)/t31-,32+,37+,39+,42-/m0/s1. The number of nitrogens with one attached hydrogen (secondary N) is 1. The average Bonchev–Trinajstić information content (AvgIpc) is 3.14. The number of fused-ring (bicyclic) bond motifs is 1. The minimum absolute atomic E-state index is 0.0201. The van der Waals surface area contributed by atoms with Crippen molar-refractivity contribution in [1.29, 1.82) is 0 Å². The molecule has 296 valence electrons. The normalized spacial score (nSPS) is 20.2. The molecule has 3 aromatic carbocycles. The van der Waals surface area contributed by atoms with Gasteiger partial charge in [-0.05, 0) is 87.9 Å². The van der Waals surface area contributed by atoms with Gasteiger partial charge in [-0.15, -0.1) is 0 Å². The lowest BCUT2D eigenvalue weighted by Crippen LogP contribution is -2.54. The lowest BCUT2D eigenvalue weighted by molar-refractivity contribution is -0.119. The molecule has 0 aromatic heterocycles. The van der Waals surface area contributed by atoms with Gasteiger partial charge < -0.3 is 33.9 Å². The Hall–Kier alpha value is -3.52. The molecular weight excluding hydrogens is 707 g/mol. The molecule has 12 heteroatoms. The number of benzene rings is 3. The van der Waals surface area contributed by atoms with Crippen LogP contribution in [0, 0.1) is 6.92 Å². The Labute approximate surface area is 322 Å². The van der Waals surface area contributed by atoms with Crippen LogP contribution in [-0.4, -0.2) is 96.1 Å². The van der Waals surface area contributed by atoms with Crippen LogP contribution in [-0.2, 0) is 47.0 Å². The Morgan fingerprint density at radius 3 is 2.46 bits per heavy atom. The number of piperidine rings is 1. The second-order valence-electron chi connectivity index (χ2n) is 14.6. The first kappa shape index (κ1) is 41.6. The van der Waals surface area contributed by atoms with Crippen molar-refractivity contribution < 1.29 is 36.9 Å². The zero-order valence-electron chi connectivity index (χ0n) is 32.8. The molecular formula is C42H59N3O8S. The molecule has 3 aromatic rings. The van der Waals surface area contributed by atoms with E-state index in [4.69, 9.17) is 23.7 Å². The van der Waals surface area contributed by atoms with E-state index in [0.717, 1.165) is 53.2 Å². The molecule has 0 aliphatic carbocycles. The molecule has 0 unspecified atom stereocenters. The number of nitrogens with zero attached hydrogens (tertiary/aromatic N) is 2. The molecule has 1 fully saturated rings. The molecule has 0 radical (unpaired) electrons. The van der Waals surface area contributed by atoms with Gasteiger partial charge in [0, 0.05) is 58.3 Å². The molecule has 11 nitrogen and oxygen atoms in total. The molecule has 2 heterocycles. The number of rotatable bonds is 19. The van der Waals surface area contributed by atoms with Crippen LogP contribution < -0.4 is 15.0 Å². The van der Waals surface area contributed by atoms with Crippen LogP contribution in [0.1, 0.15) is 75.1 Å². The Kier molecular flexibility index (Phi) is 15.3. The lowest BCUT2D eigenvalue weighted by atomic mass is 9.82. The molecule has 5 atom stereocenters. The van der Waals surface area contributed by atoms with Crippen LogP contribution >= 0.6 is 0 Å². The number of carbonyl (C=O) groups excluding carboxylic acids is 1. The second-order valence-corrected chi connectivity index (χ2v) is 16.5. The number of carbonyl (C=O) groups is 1. The number of hydrogen-bond donors (Lipinski definition) is 1. The number of methoxy groups -OCH3 is 1. The fraction of sp³-hybridized carbons (Fsp3) is 0.548. The van der Waals surface area contributed by atoms with Crippen LogP contribution in [0.4, 0.5) is 5.69 Å². The summed E-state index contributed by atoms with van der Waals surface area (Å²) in [4.78, 5) is 14.6. The monoisotopic (exact) mass is 765 g/mol. The van der Waals surface area contributed by atoms with E-state index in [2.05, 4.69) is 40.5 Å². The van der Waals surface area contributed by atoms with Crippen LogP contribution in [0.15, 0.2) is 71.6 Å². The van der Waals surface area contributed by atoms with E-state index in [1.165, 1.54) is 6.92 Å². The summed E-state index contributed by atoms with van der Waals surface area (Å²) in [5.41, 5.74) is 5.11. The Morgan fingerprint density at radius 1 is 1.02 bits per heavy atom. The lowest BCUT2D eigenvalue weighted by Gasteiger charge is -2.44. The van der Waals surface area contributed by atoms with Crippen molar-refractivity contribution in [2.45, 2.75) is 102 Å². The molecule has 1 saturated heterocycles. The Bertz CT molecular complexity index is 1740. The summed E-state index contributed by atoms with van der Waals surface area (Å²) >= 11 is 0. The van der Waals surface area contributed by atoms with Crippen molar-refractivity contribution >= 4 is 21.6 Å². The number of aryl methyl sites for hydroxylation is 1. The van der Waals surface area contributed by atoms with Crippen LogP contribution in [0.2, 0.25) is 0 Å². The first-order chi connectivity index (χ1) is 26.0. The van der Waals surface area contributed by atoms with Crippen LogP contribution in [0.25, 0.3) is 0 Å². The zero-order chi connectivity index (χ0) is 38.7. The van der Waals surface area contributed by atoms with E-state index in [1.54, 1.807) is 23.5 Å². The summed E-state index contributed by atoms with van der Waals surface area (Å²) in [5, 5.41) is 2.97. The maximum absolute atomic E-state index is 14.4. The van der Waals surface area contributed by atoms with Crippen LogP contribution in [0.5, 0.6) is 5.75 Å².